The van der Waals surface area contributed by atoms with E-state index in [2.05, 4.69) is 0 Å². The summed E-state index contributed by atoms with van der Waals surface area (Å²) >= 11 is 2.81. The molecule has 0 saturated carbocycles. The number of carbonyl (C=O) groups excluding carboxylic acids is 1. The highest BCUT2D eigenvalue weighted by Gasteiger charge is 2.23. The first kappa shape index (κ1) is 18.6. The predicted molar refractivity (Wildman–Crippen MR) is 113 cm³/mol. The highest BCUT2D eigenvalue weighted by molar-refractivity contribution is 7.21. The standard InChI is InChI=1S/C21H17FN2O2S2/c1-11(2)26-15-10-14(16-4-3-9-27-16)24-21-17(15)18(23)20(28-21)19(25)12-5-7-13(22)8-6-12/h3-11H,23H2,1-2H3. The number of thiophene rings is 2. The summed E-state index contributed by atoms with van der Waals surface area (Å²) in [5.74, 6) is -0.0419. The number of pyridine rings is 1. The number of fused-ring (bicyclic) bond motifs is 1. The minimum Gasteiger partial charge on any atom is -0.490 e. The van der Waals surface area contributed by atoms with Gasteiger partial charge in [-0.3, -0.25) is 4.79 Å². The van der Waals surface area contributed by atoms with Crippen LogP contribution in [-0.2, 0) is 0 Å². The van der Waals surface area contributed by atoms with Crippen molar-refractivity contribution >= 4 is 44.4 Å². The molecule has 0 aliphatic rings. The van der Waals surface area contributed by atoms with Crippen LogP contribution in [0.5, 0.6) is 5.75 Å². The van der Waals surface area contributed by atoms with Crippen molar-refractivity contribution in [2.24, 2.45) is 0 Å². The Labute approximate surface area is 169 Å². The van der Waals surface area contributed by atoms with Crippen LogP contribution in [0.1, 0.15) is 29.1 Å². The summed E-state index contributed by atoms with van der Waals surface area (Å²) in [6.45, 7) is 3.87. The van der Waals surface area contributed by atoms with Crippen LogP contribution in [-0.4, -0.2) is 16.9 Å². The number of halogens is 1. The second-order valence-electron chi connectivity index (χ2n) is 6.51. The van der Waals surface area contributed by atoms with E-state index in [9.17, 15) is 9.18 Å². The molecule has 0 bridgehead atoms. The molecule has 0 spiro atoms. The van der Waals surface area contributed by atoms with Crippen LogP contribution in [0.15, 0.2) is 47.8 Å². The van der Waals surface area contributed by atoms with Gasteiger partial charge in [-0.1, -0.05) is 6.07 Å². The molecule has 0 aliphatic heterocycles. The van der Waals surface area contributed by atoms with Crippen LogP contribution >= 0.6 is 22.7 Å². The molecule has 4 rings (SSSR count). The van der Waals surface area contributed by atoms with E-state index in [0.717, 1.165) is 10.6 Å². The molecule has 2 N–H and O–H groups in total. The molecule has 0 fully saturated rings. The smallest absolute Gasteiger partial charge is 0.205 e. The monoisotopic (exact) mass is 412 g/mol. The quantitative estimate of drug-likeness (QED) is 0.423. The van der Waals surface area contributed by atoms with Gasteiger partial charge in [-0.25, -0.2) is 9.37 Å². The highest BCUT2D eigenvalue weighted by Crippen LogP contribution is 2.42. The van der Waals surface area contributed by atoms with Crippen molar-refractivity contribution in [1.29, 1.82) is 0 Å². The molecule has 3 heterocycles. The molecule has 0 unspecified atom stereocenters. The van der Waals surface area contributed by atoms with Crippen LogP contribution in [0.4, 0.5) is 10.1 Å². The van der Waals surface area contributed by atoms with Crippen molar-refractivity contribution in [1.82, 2.24) is 4.98 Å². The molecular formula is C21H17FN2O2S2. The number of rotatable bonds is 5. The highest BCUT2D eigenvalue weighted by atomic mass is 32.1. The van der Waals surface area contributed by atoms with Gasteiger partial charge >= 0.3 is 0 Å². The number of benzene rings is 1. The molecule has 1 aromatic carbocycles. The van der Waals surface area contributed by atoms with Gasteiger partial charge < -0.3 is 10.5 Å². The maximum Gasteiger partial charge on any atom is 0.205 e. The average molecular weight is 413 g/mol. The van der Waals surface area contributed by atoms with Gasteiger partial charge in [0.05, 0.1) is 27.7 Å². The molecule has 7 heteroatoms. The molecule has 0 atom stereocenters. The van der Waals surface area contributed by atoms with Crippen molar-refractivity contribution < 1.29 is 13.9 Å². The second kappa shape index (κ2) is 7.33. The van der Waals surface area contributed by atoms with Crippen LogP contribution in [0, 0.1) is 5.82 Å². The summed E-state index contributed by atoms with van der Waals surface area (Å²) in [6.07, 6.45) is -0.0580. The number of nitrogen functional groups attached to an aromatic ring is 1. The largest absolute Gasteiger partial charge is 0.490 e. The van der Waals surface area contributed by atoms with Gasteiger partial charge in [0.25, 0.3) is 0 Å². The minimum atomic E-state index is -0.393. The van der Waals surface area contributed by atoms with E-state index >= 15 is 0 Å². The van der Waals surface area contributed by atoms with Crippen molar-refractivity contribution in [3.05, 3.63) is 64.1 Å². The predicted octanol–water partition coefficient (Wildman–Crippen LogP) is 5.76. The number of hydrogen-bond acceptors (Lipinski definition) is 6. The normalized spacial score (nSPS) is 11.3. The zero-order chi connectivity index (χ0) is 19.8. The summed E-state index contributed by atoms with van der Waals surface area (Å²) < 4.78 is 19.2. The molecule has 0 radical (unpaired) electrons. The molecule has 3 aromatic heterocycles. The van der Waals surface area contributed by atoms with Gasteiger partial charge in [0.1, 0.15) is 21.3 Å². The number of ketones is 1. The number of nitrogens with two attached hydrogens (primary N) is 1. The first-order valence-corrected chi connectivity index (χ1v) is 10.4. The maximum atomic E-state index is 13.2. The maximum absolute atomic E-state index is 13.2. The van der Waals surface area contributed by atoms with E-state index in [1.54, 1.807) is 11.3 Å². The topological polar surface area (TPSA) is 65.2 Å². The van der Waals surface area contributed by atoms with Crippen molar-refractivity contribution in [3.63, 3.8) is 0 Å². The van der Waals surface area contributed by atoms with E-state index < -0.39 is 5.82 Å². The fraction of sp³-hybridized carbons (Fsp3) is 0.143. The fourth-order valence-electron chi connectivity index (χ4n) is 2.88. The molecule has 0 amide bonds. The number of aromatic nitrogens is 1. The van der Waals surface area contributed by atoms with Gasteiger partial charge in [-0.2, -0.15) is 0 Å². The third kappa shape index (κ3) is 3.39. The molecule has 28 heavy (non-hydrogen) atoms. The molecule has 4 nitrogen and oxygen atoms in total. The lowest BCUT2D eigenvalue weighted by Gasteiger charge is -2.12. The first-order chi connectivity index (χ1) is 13.4. The Kier molecular flexibility index (Phi) is 4.87. The van der Waals surface area contributed by atoms with Gasteiger partial charge in [0.15, 0.2) is 0 Å². The first-order valence-electron chi connectivity index (χ1n) is 8.68. The zero-order valence-corrected chi connectivity index (χ0v) is 16.9. The molecule has 4 aromatic rings. The molecule has 142 valence electrons. The summed E-state index contributed by atoms with van der Waals surface area (Å²) in [5, 5.41) is 2.63. The summed E-state index contributed by atoms with van der Waals surface area (Å²) in [5.41, 5.74) is 7.85. The van der Waals surface area contributed by atoms with Gasteiger partial charge in [-0.05, 0) is 49.6 Å². The van der Waals surface area contributed by atoms with Crippen LogP contribution < -0.4 is 10.5 Å². The minimum absolute atomic E-state index is 0.0580. The molecular weight excluding hydrogens is 395 g/mol. The lowest BCUT2D eigenvalue weighted by atomic mass is 10.1. The number of ether oxygens (including phenoxy) is 1. The fourth-order valence-corrected chi connectivity index (χ4v) is 4.64. The number of hydrogen-bond donors (Lipinski definition) is 1. The van der Waals surface area contributed by atoms with Crippen LogP contribution in [0.2, 0.25) is 0 Å². The van der Waals surface area contributed by atoms with Crippen molar-refractivity contribution in [2.75, 3.05) is 5.73 Å². The number of carbonyl (C=O) groups is 1. The molecule has 0 saturated heterocycles. The van der Waals surface area contributed by atoms with Gasteiger partial charge in [0, 0.05) is 11.6 Å². The Morgan fingerprint density at radius 3 is 2.61 bits per heavy atom. The van der Waals surface area contributed by atoms with Gasteiger partial charge in [-0.15, -0.1) is 22.7 Å². The van der Waals surface area contributed by atoms with Gasteiger partial charge in [0.2, 0.25) is 5.78 Å². The molecule has 0 aliphatic carbocycles. The Bertz CT molecular complexity index is 1150. The Balaban J connectivity index is 1.89. The number of anilines is 1. The van der Waals surface area contributed by atoms with E-state index in [-0.39, 0.29) is 11.9 Å². The lowest BCUT2D eigenvalue weighted by molar-refractivity contribution is 0.104. The van der Waals surface area contributed by atoms with Crippen molar-refractivity contribution in [3.8, 4) is 16.3 Å². The van der Waals surface area contributed by atoms with E-state index in [4.69, 9.17) is 15.5 Å². The third-order valence-corrected chi connectivity index (χ3v) is 6.10. The average Bonchev–Trinajstić information content (AvgIpc) is 3.30. The SMILES string of the molecule is CC(C)Oc1cc(-c2cccs2)nc2sc(C(=O)c3ccc(F)cc3)c(N)c12. The summed E-state index contributed by atoms with van der Waals surface area (Å²) in [4.78, 5) is 19.7. The second-order valence-corrected chi connectivity index (χ2v) is 8.46. The lowest BCUT2D eigenvalue weighted by Crippen LogP contribution is -2.07. The van der Waals surface area contributed by atoms with E-state index in [1.165, 1.54) is 35.6 Å². The Morgan fingerprint density at radius 2 is 1.96 bits per heavy atom. The zero-order valence-electron chi connectivity index (χ0n) is 15.2. The van der Waals surface area contributed by atoms with E-state index in [0.29, 0.717) is 32.1 Å². The van der Waals surface area contributed by atoms with E-state index in [1.807, 2.05) is 37.4 Å². The van der Waals surface area contributed by atoms with Crippen LogP contribution in [0.25, 0.3) is 20.8 Å². The summed E-state index contributed by atoms with van der Waals surface area (Å²) in [6, 6.07) is 11.2. The Hall–Kier alpha value is -2.77. The Morgan fingerprint density at radius 1 is 1.21 bits per heavy atom. The van der Waals surface area contributed by atoms with Crippen LogP contribution in [0.3, 0.4) is 0 Å². The summed E-state index contributed by atoms with van der Waals surface area (Å²) in [7, 11) is 0. The number of nitrogens with zero attached hydrogens (tertiary/aromatic N) is 1. The third-order valence-electron chi connectivity index (χ3n) is 4.11. The van der Waals surface area contributed by atoms with Crippen molar-refractivity contribution in [2.45, 2.75) is 20.0 Å².